The Labute approximate surface area is 152 Å². The van der Waals surface area contributed by atoms with Gasteiger partial charge >= 0.3 is 5.69 Å². The van der Waals surface area contributed by atoms with Crippen molar-refractivity contribution in [2.45, 2.75) is 33.7 Å². The van der Waals surface area contributed by atoms with Crippen LogP contribution in [-0.4, -0.2) is 45.7 Å². The topological polar surface area (TPSA) is 90.5 Å². The Morgan fingerprint density at radius 3 is 2.62 bits per heavy atom. The van der Waals surface area contributed by atoms with Crippen LogP contribution in [0.3, 0.4) is 0 Å². The van der Waals surface area contributed by atoms with Crippen LogP contribution in [0.2, 0.25) is 0 Å². The zero-order chi connectivity index (χ0) is 19.3. The van der Waals surface area contributed by atoms with E-state index in [1.807, 2.05) is 31.2 Å². The van der Waals surface area contributed by atoms with Crippen molar-refractivity contribution in [3.63, 3.8) is 0 Å². The molecule has 0 fully saturated rings. The summed E-state index contributed by atoms with van der Waals surface area (Å²) in [7, 11) is 1.70. The molecule has 1 aromatic carbocycles. The van der Waals surface area contributed by atoms with E-state index in [9.17, 15) is 14.9 Å². The molecule has 1 heterocycles. The number of nitrogens with zero attached hydrogens (tertiary/aromatic N) is 4. The van der Waals surface area contributed by atoms with Crippen LogP contribution < -0.4 is 4.74 Å². The van der Waals surface area contributed by atoms with Gasteiger partial charge in [-0.3, -0.25) is 19.6 Å². The van der Waals surface area contributed by atoms with E-state index >= 15 is 0 Å². The summed E-state index contributed by atoms with van der Waals surface area (Å²) in [6.45, 7) is 6.17. The van der Waals surface area contributed by atoms with Crippen LogP contribution in [0.25, 0.3) is 0 Å². The van der Waals surface area contributed by atoms with Crippen LogP contribution >= 0.6 is 0 Å². The highest BCUT2D eigenvalue weighted by Gasteiger charge is 2.23. The third-order valence-corrected chi connectivity index (χ3v) is 4.23. The van der Waals surface area contributed by atoms with E-state index in [0.717, 1.165) is 11.3 Å². The highest BCUT2D eigenvalue weighted by Crippen LogP contribution is 2.21. The third kappa shape index (κ3) is 4.59. The Morgan fingerprint density at radius 1 is 1.31 bits per heavy atom. The SMILES string of the molecule is Cc1ccccc1OCCCN(C)C(=O)Cn1nc(C)c([N+](=O)[O-])c1C. The summed E-state index contributed by atoms with van der Waals surface area (Å²) >= 11 is 0. The molecule has 0 unspecified atom stereocenters. The van der Waals surface area contributed by atoms with Gasteiger partial charge in [-0.2, -0.15) is 5.10 Å². The molecule has 0 atom stereocenters. The smallest absolute Gasteiger partial charge is 0.312 e. The van der Waals surface area contributed by atoms with Gasteiger partial charge in [0.1, 0.15) is 23.7 Å². The summed E-state index contributed by atoms with van der Waals surface area (Å²) < 4.78 is 7.10. The number of para-hydroxylation sites is 1. The maximum Gasteiger partial charge on any atom is 0.312 e. The van der Waals surface area contributed by atoms with Crippen molar-refractivity contribution < 1.29 is 14.5 Å². The molecule has 0 spiro atoms. The minimum atomic E-state index is -0.467. The lowest BCUT2D eigenvalue weighted by atomic mass is 10.2. The molecule has 26 heavy (non-hydrogen) atoms. The van der Waals surface area contributed by atoms with Crippen LogP contribution in [0, 0.1) is 30.9 Å². The fourth-order valence-electron chi connectivity index (χ4n) is 2.68. The predicted octanol–water partition coefficient (Wildman–Crippen LogP) is 2.64. The molecule has 0 saturated heterocycles. The fraction of sp³-hybridized carbons (Fsp3) is 0.444. The van der Waals surface area contributed by atoms with Gasteiger partial charge in [0.2, 0.25) is 5.91 Å². The molecule has 8 nitrogen and oxygen atoms in total. The molecule has 2 rings (SSSR count). The maximum absolute atomic E-state index is 12.3. The minimum Gasteiger partial charge on any atom is -0.493 e. The first-order valence-electron chi connectivity index (χ1n) is 8.42. The van der Waals surface area contributed by atoms with Gasteiger partial charge in [0, 0.05) is 13.6 Å². The highest BCUT2D eigenvalue weighted by atomic mass is 16.6. The molecule has 1 amide bonds. The monoisotopic (exact) mass is 360 g/mol. The van der Waals surface area contributed by atoms with Crippen LogP contribution in [0.4, 0.5) is 5.69 Å². The second kappa shape index (κ2) is 8.46. The molecule has 0 bridgehead atoms. The maximum atomic E-state index is 12.3. The summed E-state index contributed by atoms with van der Waals surface area (Å²) in [5.74, 6) is 0.692. The number of amides is 1. The summed E-state index contributed by atoms with van der Waals surface area (Å²) in [5.41, 5.74) is 1.74. The molecule has 0 N–H and O–H groups in total. The first-order valence-corrected chi connectivity index (χ1v) is 8.42. The van der Waals surface area contributed by atoms with Gasteiger partial charge in [0.05, 0.1) is 11.5 Å². The van der Waals surface area contributed by atoms with Gasteiger partial charge < -0.3 is 9.64 Å². The Morgan fingerprint density at radius 2 is 2.00 bits per heavy atom. The Bertz CT molecular complexity index is 800. The second-order valence-corrected chi connectivity index (χ2v) is 6.22. The van der Waals surface area contributed by atoms with Gasteiger partial charge in [-0.05, 0) is 38.8 Å². The average molecular weight is 360 g/mol. The van der Waals surface area contributed by atoms with E-state index < -0.39 is 4.92 Å². The molecule has 0 aliphatic rings. The van der Waals surface area contributed by atoms with E-state index in [1.165, 1.54) is 4.68 Å². The lowest BCUT2D eigenvalue weighted by molar-refractivity contribution is -0.386. The zero-order valence-corrected chi connectivity index (χ0v) is 15.6. The number of hydrogen-bond donors (Lipinski definition) is 0. The van der Waals surface area contributed by atoms with E-state index in [2.05, 4.69) is 5.10 Å². The second-order valence-electron chi connectivity index (χ2n) is 6.22. The summed E-state index contributed by atoms with van der Waals surface area (Å²) in [6, 6.07) is 7.78. The molecule has 0 aliphatic carbocycles. The quantitative estimate of drug-likeness (QED) is 0.410. The van der Waals surface area contributed by atoms with Crippen molar-refractivity contribution in [2.75, 3.05) is 20.2 Å². The number of ether oxygens (including phenoxy) is 1. The van der Waals surface area contributed by atoms with E-state index in [-0.39, 0.29) is 18.1 Å². The number of benzene rings is 1. The van der Waals surface area contributed by atoms with E-state index in [4.69, 9.17) is 4.74 Å². The third-order valence-electron chi connectivity index (χ3n) is 4.23. The number of rotatable bonds is 8. The van der Waals surface area contributed by atoms with Crippen molar-refractivity contribution in [3.05, 3.63) is 51.3 Å². The van der Waals surface area contributed by atoms with Crippen molar-refractivity contribution in [3.8, 4) is 5.75 Å². The minimum absolute atomic E-state index is 0.0182. The van der Waals surface area contributed by atoms with Gasteiger partial charge in [-0.1, -0.05) is 18.2 Å². The van der Waals surface area contributed by atoms with Gasteiger partial charge in [0.15, 0.2) is 0 Å². The molecule has 0 aliphatic heterocycles. The fourth-order valence-corrected chi connectivity index (χ4v) is 2.68. The highest BCUT2D eigenvalue weighted by molar-refractivity contribution is 5.75. The molecular weight excluding hydrogens is 336 g/mol. The number of hydrogen-bond acceptors (Lipinski definition) is 5. The van der Waals surface area contributed by atoms with Crippen LogP contribution in [0.1, 0.15) is 23.4 Å². The first kappa shape index (κ1) is 19.4. The standard InChI is InChI=1S/C18H24N4O4/c1-13-8-5-6-9-16(13)26-11-7-10-20(4)17(23)12-21-15(3)18(22(24)25)14(2)19-21/h5-6,8-9H,7,10-12H2,1-4H3. The molecule has 140 valence electrons. The molecular formula is C18H24N4O4. The molecule has 8 heteroatoms. The van der Waals surface area contributed by atoms with Gasteiger partial charge in [0.25, 0.3) is 0 Å². The number of nitro groups is 1. The zero-order valence-electron chi connectivity index (χ0n) is 15.6. The average Bonchev–Trinajstić information content (AvgIpc) is 2.86. The Hall–Kier alpha value is -2.90. The summed E-state index contributed by atoms with van der Waals surface area (Å²) in [5, 5.41) is 15.1. The van der Waals surface area contributed by atoms with E-state index in [0.29, 0.717) is 31.0 Å². The normalized spacial score (nSPS) is 10.6. The number of likely N-dealkylation sites (N-methyl/N-ethyl adjacent to an activating group) is 1. The number of aromatic nitrogens is 2. The summed E-state index contributed by atoms with van der Waals surface area (Å²) in [4.78, 5) is 24.5. The predicted molar refractivity (Wildman–Crippen MR) is 97.3 cm³/mol. The largest absolute Gasteiger partial charge is 0.493 e. The van der Waals surface area contributed by atoms with Crippen molar-refractivity contribution in [1.82, 2.24) is 14.7 Å². The number of carbonyl (C=O) groups excluding carboxylic acids is 1. The van der Waals surface area contributed by atoms with Crippen LogP contribution in [0.5, 0.6) is 5.75 Å². The Kier molecular flexibility index (Phi) is 6.32. The number of aryl methyl sites for hydroxylation is 2. The van der Waals surface area contributed by atoms with Crippen LogP contribution in [-0.2, 0) is 11.3 Å². The van der Waals surface area contributed by atoms with Gasteiger partial charge in [-0.15, -0.1) is 0 Å². The van der Waals surface area contributed by atoms with Crippen molar-refractivity contribution in [2.24, 2.45) is 0 Å². The van der Waals surface area contributed by atoms with Gasteiger partial charge in [-0.25, -0.2) is 0 Å². The molecule has 0 saturated carbocycles. The Balaban J connectivity index is 1.84. The molecule has 0 radical (unpaired) electrons. The lowest BCUT2D eigenvalue weighted by Gasteiger charge is -2.18. The molecule has 2 aromatic rings. The van der Waals surface area contributed by atoms with Crippen LogP contribution in [0.15, 0.2) is 24.3 Å². The lowest BCUT2D eigenvalue weighted by Crippen LogP contribution is -2.32. The summed E-state index contributed by atoms with van der Waals surface area (Å²) in [6.07, 6.45) is 0.688. The van der Waals surface area contributed by atoms with E-state index in [1.54, 1.807) is 25.8 Å². The molecule has 1 aromatic heterocycles. The van der Waals surface area contributed by atoms with Crippen molar-refractivity contribution >= 4 is 11.6 Å². The number of carbonyl (C=O) groups is 1. The van der Waals surface area contributed by atoms with Crippen molar-refractivity contribution in [1.29, 1.82) is 0 Å². The first-order chi connectivity index (χ1) is 12.3.